The predicted octanol–water partition coefficient (Wildman–Crippen LogP) is 4.35. The molecule has 2 aromatic rings. The molecule has 0 fully saturated rings. The molecule has 0 heterocycles. The Kier molecular flexibility index (Phi) is 6.42. The molecule has 0 aliphatic rings. The van der Waals surface area contributed by atoms with Gasteiger partial charge in [-0.2, -0.15) is 0 Å². The van der Waals surface area contributed by atoms with E-state index < -0.39 is 18.5 Å². The first-order valence-electron chi connectivity index (χ1n) is 7.96. The quantitative estimate of drug-likeness (QED) is 0.750. The van der Waals surface area contributed by atoms with E-state index in [1.165, 1.54) is 18.2 Å². The number of nitrogens with one attached hydrogen (secondary N) is 1. The van der Waals surface area contributed by atoms with Gasteiger partial charge in [0.1, 0.15) is 11.3 Å². The van der Waals surface area contributed by atoms with Gasteiger partial charge in [0.25, 0.3) is 5.91 Å². The van der Waals surface area contributed by atoms with Crippen molar-refractivity contribution in [1.82, 2.24) is 0 Å². The van der Waals surface area contributed by atoms with E-state index in [9.17, 15) is 14.7 Å². The van der Waals surface area contributed by atoms with Crippen molar-refractivity contribution >= 4 is 29.2 Å². The van der Waals surface area contributed by atoms with Crippen molar-refractivity contribution in [1.29, 1.82) is 0 Å². The third-order valence-corrected chi connectivity index (χ3v) is 4.13. The molecule has 0 aliphatic carbocycles. The van der Waals surface area contributed by atoms with Crippen LogP contribution in [0.25, 0.3) is 0 Å². The second-order valence-electron chi connectivity index (χ2n) is 5.68. The lowest BCUT2D eigenvalue weighted by atomic mass is 9.97. The molecule has 0 aromatic heterocycles. The van der Waals surface area contributed by atoms with Crippen LogP contribution < -0.4 is 5.32 Å². The molecule has 0 unspecified atom stereocenters. The summed E-state index contributed by atoms with van der Waals surface area (Å²) in [4.78, 5) is 24.0. The number of halogens is 1. The number of benzene rings is 2. The Morgan fingerprint density at radius 3 is 2.64 bits per heavy atom. The standard InChI is InChI=1S/C19H20ClNO4/c1-3-12(2)14-6-4-5-7-16(14)21-18(23)11-25-19(24)15-9-8-13(20)10-17(15)22/h4-10,12,22H,3,11H2,1-2H3,(H,21,23)/t12-/m1/s1. The van der Waals surface area contributed by atoms with Crippen LogP contribution in [-0.4, -0.2) is 23.6 Å². The Hall–Kier alpha value is -2.53. The highest BCUT2D eigenvalue weighted by molar-refractivity contribution is 6.30. The van der Waals surface area contributed by atoms with Gasteiger partial charge in [-0.05, 0) is 42.2 Å². The molecule has 0 aliphatic heterocycles. The fourth-order valence-electron chi connectivity index (χ4n) is 2.33. The van der Waals surface area contributed by atoms with Crippen LogP contribution in [0.3, 0.4) is 0 Å². The summed E-state index contributed by atoms with van der Waals surface area (Å²) >= 11 is 5.72. The molecule has 2 N–H and O–H groups in total. The van der Waals surface area contributed by atoms with E-state index >= 15 is 0 Å². The van der Waals surface area contributed by atoms with E-state index in [-0.39, 0.29) is 11.3 Å². The number of para-hydroxylation sites is 1. The number of amides is 1. The van der Waals surface area contributed by atoms with E-state index in [4.69, 9.17) is 16.3 Å². The number of rotatable bonds is 6. The summed E-state index contributed by atoms with van der Waals surface area (Å²) in [6, 6.07) is 11.6. The molecule has 0 radical (unpaired) electrons. The molecule has 0 saturated heterocycles. The Morgan fingerprint density at radius 2 is 1.96 bits per heavy atom. The van der Waals surface area contributed by atoms with Gasteiger partial charge >= 0.3 is 5.97 Å². The normalized spacial score (nSPS) is 11.6. The monoisotopic (exact) mass is 361 g/mol. The molecule has 2 rings (SSSR count). The lowest BCUT2D eigenvalue weighted by Crippen LogP contribution is -2.21. The summed E-state index contributed by atoms with van der Waals surface area (Å²) in [6.45, 7) is 3.70. The van der Waals surface area contributed by atoms with Crippen LogP contribution in [-0.2, 0) is 9.53 Å². The van der Waals surface area contributed by atoms with Gasteiger partial charge in [0.05, 0.1) is 0 Å². The molecule has 0 saturated carbocycles. The van der Waals surface area contributed by atoms with Crippen LogP contribution in [0.4, 0.5) is 5.69 Å². The average Bonchev–Trinajstić information content (AvgIpc) is 2.59. The van der Waals surface area contributed by atoms with Gasteiger partial charge in [-0.15, -0.1) is 0 Å². The van der Waals surface area contributed by atoms with E-state index in [1.54, 1.807) is 0 Å². The van der Waals surface area contributed by atoms with Gasteiger partial charge in [0, 0.05) is 10.7 Å². The zero-order valence-corrected chi connectivity index (χ0v) is 14.8. The number of hydrogen-bond acceptors (Lipinski definition) is 4. The van der Waals surface area contributed by atoms with E-state index in [0.29, 0.717) is 16.6 Å². The van der Waals surface area contributed by atoms with Crippen LogP contribution in [0.15, 0.2) is 42.5 Å². The molecule has 25 heavy (non-hydrogen) atoms. The van der Waals surface area contributed by atoms with Crippen LogP contribution in [0.2, 0.25) is 5.02 Å². The molecular formula is C19H20ClNO4. The second kappa shape index (κ2) is 8.53. The topological polar surface area (TPSA) is 75.6 Å². The first kappa shape index (κ1) is 18.8. The summed E-state index contributed by atoms with van der Waals surface area (Å²) in [5.74, 6) is -1.23. The molecule has 0 spiro atoms. The number of esters is 1. The highest BCUT2D eigenvalue weighted by Gasteiger charge is 2.16. The Morgan fingerprint density at radius 1 is 1.24 bits per heavy atom. The lowest BCUT2D eigenvalue weighted by molar-refractivity contribution is -0.119. The van der Waals surface area contributed by atoms with Crippen LogP contribution in [0, 0.1) is 0 Å². The highest BCUT2D eigenvalue weighted by atomic mass is 35.5. The Labute approximate surface area is 151 Å². The van der Waals surface area contributed by atoms with Gasteiger partial charge < -0.3 is 15.2 Å². The molecule has 2 aromatic carbocycles. The zero-order valence-electron chi connectivity index (χ0n) is 14.1. The number of aromatic hydroxyl groups is 1. The van der Waals surface area contributed by atoms with E-state index in [0.717, 1.165) is 12.0 Å². The predicted molar refractivity (Wildman–Crippen MR) is 97.2 cm³/mol. The fourth-order valence-corrected chi connectivity index (χ4v) is 2.50. The Balaban J connectivity index is 1.98. The highest BCUT2D eigenvalue weighted by Crippen LogP contribution is 2.26. The largest absolute Gasteiger partial charge is 0.507 e. The van der Waals surface area contributed by atoms with Gasteiger partial charge in [0.2, 0.25) is 0 Å². The van der Waals surface area contributed by atoms with Crippen LogP contribution >= 0.6 is 11.6 Å². The maximum Gasteiger partial charge on any atom is 0.342 e. The SMILES string of the molecule is CC[C@@H](C)c1ccccc1NC(=O)COC(=O)c1ccc(Cl)cc1O. The molecule has 132 valence electrons. The fraction of sp³-hybridized carbons (Fsp3) is 0.263. The van der Waals surface area contributed by atoms with E-state index in [1.807, 2.05) is 24.3 Å². The maximum absolute atomic E-state index is 12.1. The minimum Gasteiger partial charge on any atom is -0.507 e. The van der Waals surface area contributed by atoms with Crippen LogP contribution in [0.5, 0.6) is 5.75 Å². The summed E-state index contributed by atoms with van der Waals surface area (Å²) in [7, 11) is 0. The number of anilines is 1. The Bertz CT molecular complexity index is 776. The van der Waals surface area contributed by atoms with Gasteiger partial charge in [-0.25, -0.2) is 4.79 Å². The van der Waals surface area contributed by atoms with Crippen molar-refractivity contribution in [3.8, 4) is 5.75 Å². The molecule has 5 nitrogen and oxygen atoms in total. The number of phenols is 1. The molecule has 6 heteroatoms. The van der Waals surface area contributed by atoms with Crippen molar-refractivity contribution < 1.29 is 19.4 Å². The van der Waals surface area contributed by atoms with Crippen molar-refractivity contribution in [2.24, 2.45) is 0 Å². The number of ether oxygens (including phenoxy) is 1. The third kappa shape index (κ3) is 4.97. The van der Waals surface area contributed by atoms with E-state index in [2.05, 4.69) is 19.2 Å². The lowest BCUT2D eigenvalue weighted by Gasteiger charge is -2.15. The van der Waals surface area contributed by atoms with Crippen molar-refractivity contribution in [3.63, 3.8) is 0 Å². The maximum atomic E-state index is 12.1. The summed E-state index contributed by atoms with van der Waals surface area (Å²) in [6.07, 6.45) is 0.942. The third-order valence-electron chi connectivity index (χ3n) is 3.89. The molecule has 0 bridgehead atoms. The number of carbonyl (C=O) groups excluding carboxylic acids is 2. The first-order chi connectivity index (χ1) is 11.9. The minimum absolute atomic E-state index is 0.0443. The van der Waals surface area contributed by atoms with Crippen molar-refractivity contribution in [3.05, 3.63) is 58.6 Å². The second-order valence-corrected chi connectivity index (χ2v) is 6.12. The van der Waals surface area contributed by atoms with Crippen molar-refractivity contribution in [2.75, 3.05) is 11.9 Å². The molecule has 1 amide bonds. The van der Waals surface area contributed by atoms with Gasteiger partial charge in [0.15, 0.2) is 6.61 Å². The number of phenolic OH excluding ortho intramolecular Hbond substituents is 1. The molecular weight excluding hydrogens is 342 g/mol. The number of carbonyl (C=O) groups is 2. The van der Waals surface area contributed by atoms with Gasteiger partial charge in [-0.1, -0.05) is 43.6 Å². The number of hydrogen-bond donors (Lipinski definition) is 2. The smallest absolute Gasteiger partial charge is 0.342 e. The summed E-state index contributed by atoms with van der Waals surface area (Å²) < 4.78 is 4.96. The molecule has 1 atom stereocenters. The zero-order chi connectivity index (χ0) is 18.4. The minimum atomic E-state index is -0.792. The van der Waals surface area contributed by atoms with Crippen molar-refractivity contribution in [2.45, 2.75) is 26.2 Å². The summed E-state index contributed by atoms with van der Waals surface area (Å²) in [5, 5.41) is 12.8. The van der Waals surface area contributed by atoms with Gasteiger partial charge in [-0.3, -0.25) is 4.79 Å². The average molecular weight is 362 g/mol. The first-order valence-corrected chi connectivity index (χ1v) is 8.34. The van der Waals surface area contributed by atoms with Crippen LogP contribution in [0.1, 0.15) is 42.1 Å². The summed E-state index contributed by atoms with van der Waals surface area (Å²) in [5.41, 5.74) is 1.68.